The largest absolute Gasteiger partial charge is 0.468 e. The van der Waals surface area contributed by atoms with Gasteiger partial charge in [-0.05, 0) is 36.7 Å². The number of amides is 1. The van der Waals surface area contributed by atoms with Crippen molar-refractivity contribution in [2.75, 3.05) is 32.7 Å². The molecule has 0 aromatic carbocycles. The minimum atomic E-state index is 0.0205. The molecule has 2 aromatic heterocycles. The summed E-state index contributed by atoms with van der Waals surface area (Å²) in [5.41, 5.74) is 0. The molecule has 0 saturated carbocycles. The summed E-state index contributed by atoms with van der Waals surface area (Å²) in [7, 11) is 0. The number of hydrogen-bond donors (Lipinski definition) is 1. The van der Waals surface area contributed by atoms with Crippen molar-refractivity contribution in [1.82, 2.24) is 15.1 Å². The predicted molar refractivity (Wildman–Crippen MR) is 107 cm³/mol. The molecule has 26 heavy (non-hydrogen) atoms. The van der Waals surface area contributed by atoms with E-state index >= 15 is 0 Å². The number of likely N-dealkylation sites (N-methyl/N-ethyl adjacent to an activating group) is 1. The molecule has 0 spiro atoms. The SMILES string of the molecule is C=CCN(CC(=O)NCC(c1ccco1)N(CC)CC)Cc1cccs1. The van der Waals surface area contributed by atoms with E-state index in [2.05, 4.69) is 47.0 Å². The van der Waals surface area contributed by atoms with Crippen molar-refractivity contribution in [2.45, 2.75) is 26.4 Å². The topological polar surface area (TPSA) is 48.7 Å². The Morgan fingerprint density at radius 1 is 1.35 bits per heavy atom. The lowest BCUT2D eigenvalue weighted by Gasteiger charge is -2.28. The number of nitrogens with one attached hydrogen (secondary N) is 1. The molecule has 2 rings (SSSR count). The van der Waals surface area contributed by atoms with Crippen LogP contribution in [0.1, 0.15) is 30.5 Å². The van der Waals surface area contributed by atoms with Crippen molar-refractivity contribution in [1.29, 1.82) is 0 Å². The van der Waals surface area contributed by atoms with Crippen LogP contribution in [0.15, 0.2) is 53.0 Å². The van der Waals surface area contributed by atoms with Crippen LogP contribution < -0.4 is 5.32 Å². The minimum Gasteiger partial charge on any atom is -0.468 e. The van der Waals surface area contributed by atoms with Gasteiger partial charge in [0.1, 0.15) is 5.76 Å². The zero-order valence-corrected chi connectivity index (χ0v) is 16.5. The minimum absolute atomic E-state index is 0.0205. The molecule has 2 aromatic rings. The molecule has 6 heteroatoms. The Balaban J connectivity index is 1.92. The monoisotopic (exact) mass is 375 g/mol. The van der Waals surface area contributed by atoms with Gasteiger partial charge >= 0.3 is 0 Å². The van der Waals surface area contributed by atoms with E-state index in [9.17, 15) is 4.79 Å². The number of carbonyl (C=O) groups excluding carboxylic acids is 1. The van der Waals surface area contributed by atoms with Crippen LogP contribution >= 0.6 is 11.3 Å². The van der Waals surface area contributed by atoms with E-state index in [1.54, 1.807) is 17.6 Å². The molecule has 0 bridgehead atoms. The standard InChI is InChI=1S/C20H29N3O2S/c1-4-11-22(15-17-9-8-13-26-17)16-20(24)21-14-18(23(5-2)6-3)19-10-7-12-25-19/h4,7-10,12-13,18H,1,5-6,11,14-16H2,2-3H3,(H,21,24). The quantitative estimate of drug-likeness (QED) is 0.577. The van der Waals surface area contributed by atoms with Gasteiger partial charge < -0.3 is 9.73 Å². The summed E-state index contributed by atoms with van der Waals surface area (Å²) < 4.78 is 5.59. The summed E-state index contributed by atoms with van der Waals surface area (Å²) in [6.07, 6.45) is 3.52. The van der Waals surface area contributed by atoms with Gasteiger partial charge in [-0.1, -0.05) is 26.0 Å². The van der Waals surface area contributed by atoms with Gasteiger partial charge in [-0.15, -0.1) is 17.9 Å². The number of furan rings is 1. The van der Waals surface area contributed by atoms with Crippen LogP contribution in [0.2, 0.25) is 0 Å². The Kier molecular flexibility index (Phi) is 8.61. The van der Waals surface area contributed by atoms with E-state index in [0.717, 1.165) is 25.4 Å². The van der Waals surface area contributed by atoms with Crippen LogP contribution in [-0.2, 0) is 11.3 Å². The van der Waals surface area contributed by atoms with Crippen molar-refractivity contribution >= 4 is 17.2 Å². The summed E-state index contributed by atoms with van der Waals surface area (Å²) in [6.45, 7) is 12.2. The van der Waals surface area contributed by atoms with E-state index in [0.29, 0.717) is 19.6 Å². The molecule has 1 atom stereocenters. The second-order valence-electron chi connectivity index (χ2n) is 6.09. The first-order chi connectivity index (χ1) is 12.7. The van der Waals surface area contributed by atoms with E-state index < -0.39 is 0 Å². The highest BCUT2D eigenvalue weighted by Crippen LogP contribution is 2.20. The van der Waals surface area contributed by atoms with Gasteiger partial charge in [0.15, 0.2) is 0 Å². The van der Waals surface area contributed by atoms with E-state index in [4.69, 9.17) is 4.42 Å². The first kappa shape index (κ1) is 20.4. The molecule has 0 aliphatic carbocycles. The highest BCUT2D eigenvalue weighted by molar-refractivity contribution is 7.09. The molecular formula is C20H29N3O2S. The van der Waals surface area contributed by atoms with E-state index in [1.165, 1.54) is 4.88 Å². The third-order valence-corrected chi connectivity index (χ3v) is 5.19. The van der Waals surface area contributed by atoms with Gasteiger partial charge in [-0.3, -0.25) is 14.6 Å². The van der Waals surface area contributed by atoms with Crippen molar-refractivity contribution in [3.63, 3.8) is 0 Å². The van der Waals surface area contributed by atoms with Gasteiger partial charge in [0, 0.05) is 24.5 Å². The smallest absolute Gasteiger partial charge is 0.234 e. The van der Waals surface area contributed by atoms with Crippen molar-refractivity contribution in [2.24, 2.45) is 0 Å². The number of thiophene rings is 1. The summed E-state index contributed by atoms with van der Waals surface area (Å²) >= 11 is 1.70. The Morgan fingerprint density at radius 2 is 2.15 bits per heavy atom. The fourth-order valence-corrected chi connectivity index (χ4v) is 3.76. The summed E-state index contributed by atoms with van der Waals surface area (Å²) in [5, 5.41) is 5.13. The number of rotatable bonds is 12. The first-order valence-electron chi connectivity index (χ1n) is 9.07. The van der Waals surface area contributed by atoms with Crippen molar-refractivity contribution in [3.05, 3.63) is 59.2 Å². The predicted octanol–water partition coefficient (Wildman–Crippen LogP) is 3.53. The maximum Gasteiger partial charge on any atom is 0.234 e. The Morgan fingerprint density at radius 3 is 2.73 bits per heavy atom. The van der Waals surface area contributed by atoms with Crippen LogP contribution in [0.3, 0.4) is 0 Å². The molecule has 5 nitrogen and oxygen atoms in total. The summed E-state index contributed by atoms with van der Waals surface area (Å²) in [4.78, 5) is 18.1. The van der Waals surface area contributed by atoms with Gasteiger partial charge in [0.05, 0.1) is 18.8 Å². The number of carbonyl (C=O) groups is 1. The molecule has 0 saturated heterocycles. The van der Waals surface area contributed by atoms with Crippen LogP contribution in [0.4, 0.5) is 0 Å². The number of nitrogens with zero attached hydrogens (tertiary/aromatic N) is 2. The molecule has 0 radical (unpaired) electrons. The highest BCUT2D eigenvalue weighted by atomic mass is 32.1. The lowest BCUT2D eigenvalue weighted by atomic mass is 10.2. The molecule has 142 valence electrons. The Bertz CT molecular complexity index is 636. The van der Waals surface area contributed by atoms with Crippen LogP contribution in [0.5, 0.6) is 0 Å². The van der Waals surface area contributed by atoms with Gasteiger partial charge in [-0.25, -0.2) is 0 Å². The Hall–Kier alpha value is -1.89. The van der Waals surface area contributed by atoms with E-state index in [-0.39, 0.29) is 11.9 Å². The Labute approximate surface area is 160 Å². The molecule has 2 heterocycles. The average molecular weight is 376 g/mol. The third-order valence-electron chi connectivity index (χ3n) is 4.33. The van der Waals surface area contributed by atoms with Crippen LogP contribution in [0, 0.1) is 0 Å². The maximum absolute atomic E-state index is 12.5. The fraction of sp³-hybridized carbons (Fsp3) is 0.450. The van der Waals surface area contributed by atoms with Gasteiger partial charge in [-0.2, -0.15) is 0 Å². The molecule has 0 fully saturated rings. The fourth-order valence-electron chi connectivity index (χ4n) is 3.01. The zero-order valence-electron chi connectivity index (χ0n) is 15.7. The normalized spacial score (nSPS) is 12.5. The molecule has 0 aliphatic rings. The third kappa shape index (κ3) is 6.12. The summed E-state index contributed by atoms with van der Waals surface area (Å²) in [6, 6.07) is 8.03. The maximum atomic E-state index is 12.5. The van der Waals surface area contributed by atoms with E-state index in [1.807, 2.05) is 24.3 Å². The van der Waals surface area contributed by atoms with Crippen molar-refractivity contribution in [3.8, 4) is 0 Å². The second-order valence-corrected chi connectivity index (χ2v) is 7.13. The van der Waals surface area contributed by atoms with Crippen molar-refractivity contribution < 1.29 is 9.21 Å². The molecular weight excluding hydrogens is 346 g/mol. The average Bonchev–Trinajstić information content (AvgIpc) is 3.32. The molecule has 0 aliphatic heterocycles. The summed E-state index contributed by atoms with van der Waals surface area (Å²) in [5.74, 6) is 0.905. The number of hydrogen-bond acceptors (Lipinski definition) is 5. The first-order valence-corrected chi connectivity index (χ1v) is 9.95. The van der Waals surface area contributed by atoms with Crippen LogP contribution in [-0.4, -0.2) is 48.4 Å². The van der Waals surface area contributed by atoms with Gasteiger partial charge in [0.25, 0.3) is 0 Å². The zero-order chi connectivity index (χ0) is 18.8. The molecule has 1 amide bonds. The lowest BCUT2D eigenvalue weighted by molar-refractivity contribution is -0.122. The highest BCUT2D eigenvalue weighted by Gasteiger charge is 2.21. The lowest BCUT2D eigenvalue weighted by Crippen LogP contribution is -2.42. The molecule has 1 unspecified atom stereocenters. The van der Waals surface area contributed by atoms with Gasteiger partial charge in [0.2, 0.25) is 5.91 Å². The van der Waals surface area contributed by atoms with Crippen LogP contribution in [0.25, 0.3) is 0 Å². The second kappa shape index (κ2) is 11.0. The molecule has 1 N–H and O–H groups in total.